The van der Waals surface area contributed by atoms with Gasteiger partial charge >= 0.3 is 0 Å². The normalized spacial score (nSPS) is 27.0. The summed E-state index contributed by atoms with van der Waals surface area (Å²) in [4.78, 5) is 12.1. The maximum Gasteiger partial charge on any atom is 0.241 e. The van der Waals surface area contributed by atoms with Gasteiger partial charge in [0.25, 0.3) is 0 Å². The van der Waals surface area contributed by atoms with E-state index in [0.29, 0.717) is 17.5 Å². The number of fused-ring (bicyclic) bond motifs is 1. The van der Waals surface area contributed by atoms with Gasteiger partial charge < -0.3 is 10.1 Å². The molecule has 2 unspecified atom stereocenters. The lowest BCUT2D eigenvalue weighted by atomic mass is 10.1. The van der Waals surface area contributed by atoms with Crippen LogP contribution in [0.2, 0.25) is 0 Å². The van der Waals surface area contributed by atoms with Crippen molar-refractivity contribution < 1.29 is 17.9 Å². The predicted molar refractivity (Wildman–Crippen MR) is 77.3 cm³/mol. The van der Waals surface area contributed by atoms with E-state index in [1.807, 2.05) is 0 Å². The minimum Gasteiger partial charge on any atom is -0.495 e. The molecule has 2 fully saturated rings. The van der Waals surface area contributed by atoms with Gasteiger partial charge in [0.1, 0.15) is 10.6 Å². The van der Waals surface area contributed by atoms with Gasteiger partial charge in [0.2, 0.25) is 15.9 Å². The number of amides is 1. The fourth-order valence-electron chi connectivity index (χ4n) is 3.42. The lowest BCUT2D eigenvalue weighted by molar-refractivity contribution is -0.118. The van der Waals surface area contributed by atoms with Crippen molar-refractivity contribution in [1.82, 2.24) is 0 Å². The highest BCUT2D eigenvalue weighted by molar-refractivity contribution is 7.89. The van der Waals surface area contributed by atoms with Gasteiger partial charge in [-0.25, -0.2) is 13.6 Å². The van der Waals surface area contributed by atoms with E-state index < -0.39 is 10.0 Å². The van der Waals surface area contributed by atoms with E-state index in [9.17, 15) is 13.2 Å². The lowest BCUT2D eigenvalue weighted by Crippen LogP contribution is -2.17. The molecule has 3 rings (SSSR count). The van der Waals surface area contributed by atoms with Crippen LogP contribution >= 0.6 is 0 Å². The highest BCUT2D eigenvalue weighted by atomic mass is 32.2. The van der Waals surface area contributed by atoms with Crippen LogP contribution in [0.1, 0.15) is 19.3 Å². The van der Waals surface area contributed by atoms with Crippen LogP contribution in [-0.2, 0) is 14.8 Å². The minimum absolute atomic E-state index is 0.00936. The van der Waals surface area contributed by atoms with Crippen molar-refractivity contribution in [2.45, 2.75) is 24.2 Å². The van der Waals surface area contributed by atoms with Crippen molar-refractivity contribution in [1.29, 1.82) is 0 Å². The minimum atomic E-state index is -3.84. The average molecular weight is 310 g/mol. The molecule has 21 heavy (non-hydrogen) atoms. The highest BCUT2D eigenvalue weighted by Gasteiger charge is 2.56. The molecule has 0 spiro atoms. The Bertz CT molecular complexity index is 676. The Balaban J connectivity index is 1.76. The number of anilines is 1. The number of rotatable bonds is 4. The number of ether oxygens (including phenoxy) is 1. The van der Waals surface area contributed by atoms with Crippen molar-refractivity contribution in [3.63, 3.8) is 0 Å². The largest absolute Gasteiger partial charge is 0.495 e. The number of primary sulfonamides is 1. The van der Waals surface area contributed by atoms with Gasteiger partial charge in [0.15, 0.2) is 0 Å². The third kappa shape index (κ3) is 2.63. The zero-order valence-corrected chi connectivity index (χ0v) is 12.5. The maximum atomic E-state index is 12.2. The Labute approximate surface area is 123 Å². The summed E-state index contributed by atoms with van der Waals surface area (Å²) in [5, 5.41) is 7.94. The molecule has 0 heterocycles. The summed E-state index contributed by atoms with van der Waals surface area (Å²) in [7, 11) is -2.48. The summed E-state index contributed by atoms with van der Waals surface area (Å²) in [6.45, 7) is 0. The zero-order valence-electron chi connectivity index (χ0n) is 11.7. The maximum absolute atomic E-state index is 12.2. The van der Waals surface area contributed by atoms with E-state index in [-0.39, 0.29) is 22.5 Å². The first-order chi connectivity index (χ1) is 9.91. The quantitative estimate of drug-likeness (QED) is 0.876. The van der Waals surface area contributed by atoms with Crippen LogP contribution in [0.3, 0.4) is 0 Å². The summed E-state index contributed by atoms with van der Waals surface area (Å²) in [6.07, 6.45) is 3.49. The fraction of sp³-hybridized carbons (Fsp3) is 0.500. The van der Waals surface area contributed by atoms with E-state index in [1.165, 1.54) is 31.7 Å². The van der Waals surface area contributed by atoms with Crippen molar-refractivity contribution in [3.05, 3.63) is 18.2 Å². The molecule has 1 amide bonds. The van der Waals surface area contributed by atoms with Gasteiger partial charge in [-0.05, 0) is 36.8 Å². The summed E-state index contributed by atoms with van der Waals surface area (Å²) in [6, 6.07) is 4.35. The second-order valence-electron chi connectivity index (χ2n) is 5.68. The molecule has 0 bridgehead atoms. The van der Waals surface area contributed by atoms with Gasteiger partial charge in [-0.2, -0.15) is 0 Å². The Morgan fingerprint density at radius 2 is 2.00 bits per heavy atom. The van der Waals surface area contributed by atoms with E-state index in [1.54, 1.807) is 0 Å². The van der Waals surface area contributed by atoms with Crippen LogP contribution in [0.25, 0.3) is 0 Å². The van der Waals surface area contributed by atoms with Crippen molar-refractivity contribution >= 4 is 21.6 Å². The Kier molecular flexibility index (Phi) is 3.41. The smallest absolute Gasteiger partial charge is 0.241 e. The van der Waals surface area contributed by atoms with Gasteiger partial charge in [0, 0.05) is 17.7 Å². The van der Waals surface area contributed by atoms with Gasteiger partial charge in [-0.1, -0.05) is 6.42 Å². The summed E-state index contributed by atoms with van der Waals surface area (Å²) < 4.78 is 27.8. The summed E-state index contributed by atoms with van der Waals surface area (Å²) >= 11 is 0. The molecule has 114 valence electrons. The number of carbonyl (C=O) groups excluding carboxylic acids is 1. The number of benzene rings is 1. The van der Waals surface area contributed by atoms with Crippen LogP contribution in [0.15, 0.2) is 23.1 Å². The second-order valence-corrected chi connectivity index (χ2v) is 7.21. The molecular weight excluding hydrogens is 292 g/mol. The van der Waals surface area contributed by atoms with Crippen LogP contribution in [0.5, 0.6) is 5.75 Å². The van der Waals surface area contributed by atoms with Crippen molar-refractivity contribution in [2.24, 2.45) is 22.9 Å². The van der Waals surface area contributed by atoms with Crippen LogP contribution < -0.4 is 15.2 Å². The highest BCUT2D eigenvalue weighted by Crippen LogP contribution is 2.57. The van der Waals surface area contributed by atoms with Gasteiger partial charge in [0.05, 0.1) is 7.11 Å². The molecular formula is C14H18N2O4S. The number of hydrogen-bond donors (Lipinski definition) is 2. The molecule has 3 N–H and O–H groups in total. The van der Waals surface area contributed by atoms with Gasteiger partial charge in [-0.15, -0.1) is 0 Å². The molecule has 2 aliphatic rings. The van der Waals surface area contributed by atoms with E-state index in [0.717, 1.165) is 12.8 Å². The summed E-state index contributed by atoms with van der Waals surface area (Å²) in [5.74, 6) is 1.33. The van der Waals surface area contributed by atoms with E-state index in [2.05, 4.69) is 5.32 Å². The first-order valence-electron chi connectivity index (χ1n) is 6.93. The lowest BCUT2D eigenvalue weighted by Gasteiger charge is -2.11. The molecule has 2 saturated carbocycles. The molecule has 0 radical (unpaired) electrons. The molecule has 1 aromatic rings. The number of carbonyl (C=O) groups is 1. The number of nitrogens with one attached hydrogen (secondary N) is 1. The first-order valence-corrected chi connectivity index (χ1v) is 8.48. The monoisotopic (exact) mass is 310 g/mol. The van der Waals surface area contributed by atoms with E-state index >= 15 is 0 Å². The van der Waals surface area contributed by atoms with Crippen LogP contribution in [0.4, 0.5) is 5.69 Å². The third-order valence-electron chi connectivity index (χ3n) is 4.45. The number of nitrogens with two attached hydrogens (primary N) is 1. The number of sulfonamides is 1. The van der Waals surface area contributed by atoms with Crippen LogP contribution in [-0.4, -0.2) is 21.4 Å². The van der Waals surface area contributed by atoms with Crippen LogP contribution in [0, 0.1) is 17.8 Å². The summed E-state index contributed by atoms with van der Waals surface area (Å²) in [5.41, 5.74) is 0.522. The molecule has 7 heteroatoms. The van der Waals surface area contributed by atoms with Crippen molar-refractivity contribution in [2.75, 3.05) is 12.4 Å². The zero-order chi connectivity index (χ0) is 15.2. The molecule has 0 aromatic heterocycles. The number of hydrogen-bond acceptors (Lipinski definition) is 4. The SMILES string of the molecule is COc1cc(NC(=O)C2C3CCCC32)ccc1S(N)(=O)=O. The molecule has 6 nitrogen and oxygen atoms in total. The molecule has 1 aromatic carbocycles. The average Bonchev–Trinajstić information content (AvgIpc) is 2.91. The molecule has 0 aliphatic heterocycles. The standard InChI is InChI=1S/C14H18N2O4S/c1-20-11-7-8(5-6-12(11)21(15,18)19)16-14(17)13-9-3-2-4-10(9)13/h5-7,9-10,13H,2-4H2,1H3,(H,16,17)(H2,15,18,19). The Morgan fingerprint density at radius 3 is 2.57 bits per heavy atom. The number of methoxy groups -OCH3 is 1. The Hall–Kier alpha value is -1.60. The topological polar surface area (TPSA) is 98.5 Å². The molecule has 2 atom stereocenters. The fourth-order valence-corrected chi connectivity index (χ4v) is 4.10. The second kappa shape index (κ2) is 4.99. The first kappa shape index (κ1) is 14.3. The van der Waals surface area contributed by atoms with Gasteiger partial charge in [-0.3, -0.25) is 4.79 Å². The molecule has 0 saturated heterocycles. The molecule has 2 aliphatic carbocycles. The van der Waals surface area contributed by atoms with E-state index in [4.69, 9.17) is 9.88 Å². The predicted octanol–water partition coefficient (Wildman–Crippen LogP) is 1.33. The third-order valence-corrected chi connectivity index (χ3v) is 5.40. The Morgan fingerprint density at radius 1 is 1.33 bits per heavy atom. The van der Waals surface area contributed by atoms with Crippen molar-refractivity contribution in [3.8, 4) is 5.75 Å².